The second-order valence-corrected chi connectivity index (χ2v) is 4.45. The quantitative estimate of drug-likeness (QED) is 0.784. The van der Waals surface area contributed by atoms with Gasteiger partial charge in [-0.1, -0.05) is 12.1 Å². The van der Waals surface area contributed by atoms with Crippen molar-refractivity contribution in [2.75, 3.05) is 40.0 Å². The molecule has 1 fully saturated rings. The Hall–Kier alpha value is -1.39. The minimum atomic E-state index is 0.252. The summed E-state index contributed by atoms with van der Waals surface area (Å²) in [6.07, 6.45) is 0.487. The highest BCUT2D eigenvalue weighted by atomic mass is 16.5. The molecule has 1 aliphatic heterocycles. The van der Waals surface area contributed by atoms with Crippen molar-refractivity contribution in [1.29, 1.82) is 0 Å². The van der Waals surface area contributed by atoms with Crippen LogP contribution in [0.2, 0.25) is 0 Å². The molecule has 0 spiro atoms. The number of carbonyl (C=O) groups is 1. The van der Waals surface area contributed by atoms with Gasteiger partial charge in [0.15, 0.2) is 5.78 Å². The molecule has 0 radical (unpaired) electrons. The third-order valence-corrected chi connectivity index (χ3v) is 3.06. The first kappa shape index (κ1) is 13.1. The Bertz CT molecular complexity index is 383. The van der Waals surface area contributed by atoms with Crippen molar-refractivity contribution < 1.29 is 14.3 Å². The van der Waals surface area contributed by atoms with E-state index in [0.717, 1.165) is 37.6 Å². The van der Waals surface area contributed by atoms with E-state index >= 15 is 0 Å². The van der Waals surface area contributed by atoms with Crippen LogP contribution in [0.3, 0.4) is 0 Å². The SMILES string of the molecule is COc1ccc(CC(=O)CN2CCOCC2)cc1. The van der Waals surface area contributed by atoms with Gasteiger partial charge in [0.05, 0.1) is 26.9 Å². The van der Waals surface area contributed by atoms with Crippen LogP contribution in [0.5, 0.6) is 5.75 Å². The van der Waals surface area contributed by atoms with E-state index in [1.807, 2.05) is 24.3 Å². The Labute approximate surface area is 107 Å². The first-order chi connectivity index (χ1) is 8.78. The summed E-state index contributed by atoms with van der Waals surface area (Å²) in [4.78, 5) is 14.1. The third kappa shape index (κ3) is 3.82. The minimum absolute atomic E-state index is 0.252. The van der Waals surface area contributed by atoms with Gasteiger partial charge < -0.3 is 9.47 Å². The van der Waals surface area contributed by atoms with Crippen LogP contribution >= 0.6 is 0 Å². The zero-order chi connectivity index (χ0) is 12.8. The lowest BCUT2D eigenvalue weighted by molar-refractivity contribution is -0.120. The molecule has 98 valence electrons. The van der Waals surface area contributed by atoms with E-state index in [1.54, 1.807) is 7.11 Å². The van der Waals surface area contributed by atoms with E-state index in [0.29, 0.717) is 13.0 Å². The monoisotopic (exact) mass is 249 g/mol. The number of nitrogens with zero attached hydrogens (tertiary/aromatic N) is 1. The average Bonchev–Trinajstić information content (AvgIpc) is 2.40. The predicted octanol–water partition coefficient (Wildman–Crippen LogP) is 1.14. The van der Waals surface area contributed by atoms with Crippen LogP contribution < -0.4 is 4.74 Å². The molecule has 0 N–H and O–H groups in total. The summed E-state index contributed by atoms with van der Waals surface area (Å²) in [5.41, 5.74) is 1.04. The van der Waals surface area contributed by atoms with Crippen LogP contribution in [-0.4, -0.2) is 50.6 Å². The number of Topliss-reactive ketones (excluding diaryl/α,β-unsaturated/α-hetero) is 1. The Morgan fingerprint density at radius 3 is 2.56 bits per heavy atom. The summed E-state index contributed by atoms with van der Waals surface area (Å²) in [6.45, 7) is 3.70. The molecule has 1 aromatic rings. The lowest BCUT2D eigenvalue weighted by atomic mass is 10.1. The number of benzene rings is 1. The highest BCUT2D eigenvalue weighted by molar-refractivity contribution is 5.82. The van der Waals surface area contributed by atoms with Crippen molar-refractivity contribution in [1.82, 2.24) is 4.90 Å². The van der Waals surface area contributed by atoms with E-state index in [4.69, 9.17) is 9.47 Å². The van der Waals surface area contributed by atoms with Gasteiger partial charge in [-0.3, -0.25) is 9.69 Å². The number of hydrogen-bond acceptors (Lipinski definition) is 4. The highest BCUT2D eigenvalue weighted by Gasteiger charge is 2.14. The minimum Gasteiger partial charge on any atom is -0.497 e. The fourth-order valence-corrected chi connectivity index (χ4v) is 2.04. The molecule has 0 atom stereocenters. The van der Waals surface area contributed by atoms with Gasteiger partial charge in [0, 0.05) is 19.5 Å². The molecule has 2 rings (SSSR count). The molecule has 0 unspecified atom stereocenters. The summed E-state index contributed by atoms with van der Waals surface area (Å²) in [6, 6.07) is 7.65. The van der Waals surface area contributed by atoms with Crippen molar-refractivity contribution >= 4 is 5.78 Å². The maximum Gasteiger partial charge on any atom is 0.151 e. The van der Waals surface area contributed by atoms with Crippen LogP contribution in [0.4, 0.5) is 0 Å². The van der Waals surface area contributed by atoms with Crippen molar-refractivity contribution in [3.63, 3.8) is 0 Å². The lowest BCUT2D eigenvalue weighted by Gasteiger charge is -2.25. The average molecular weight is 249 g/mol. The third-order valence-electron chi connectivity index (χ3n) is 3.06. The molecule has 1 aliphatic rings. The molecule has 0 bridgehead atoms. The maximum atomic E-state index is 11.9. The number of rotatable bonds is 5. The smallest absolute Gasteiger partial charge is 0.151 e. The number of methoxy groups -OCH3 is 1. The number of carbonyl (C=O) groups excluding carboxylic acids is 1. The molecule has 0 saturated carbocycles. The van der Waals surface area contributed by atoms with E-state index in [1.165, 1.54) is 0 Å². The fourth-order valence-electron chi connectivity index (χ4n) is 2.04. The van der Waals surface area contributed by atoms with Crippen LogP contribution in [0.15, 0.2) is 24.3 Å². The molecular weight excluding hydrogens is 230 g/mol. The molecule has 18 heavy (non-hydrogen) atoms. The Morgan fingerprint density at radius 2 is 1.94 bits per heavy atom. The second kappa shape index (κ2) is 6.52. The second-order valence-electron chi connectivity index (χ2n) is 4.45. The molecular formula is C14H19NO3. The molecule has 1 heterocycles. The van der Waals surface area contributed by atoms with Gasteiger partial charge in [-0.05, 0) is 17.7 Å². The van der Waals surface area contributed by atoms with E-state index < -0.39 is 0 Å². The van der Waals surface area contributed by atoms with Crippen LogP contribution in [0.1, 0.15) is 5.56 Å². The molecule has 0 aliphatic carbocycles. The van der Waals surface area contributed by atoms with Gasteiger partial charge in [-0.2, -0.15) is 0 Å². The molecule has 1 aromatic carbocycles. The molecule has 1 saturated heterocycles. The maximum absolute atomic E-state index is 11.9. The zero-order valence-electron chi connectivity index (χ0n) is 10.7. The van der Waals surface area contributed by atoms with Crippen LogP contribution in [0, 0.1) is 0 Å². The summed E-state index contributed by atoms with van der Waals surface area (Å²) < 4.78 is 10.3. The number of morpholine rings is 1. The topological polar surface area (TPSA) is 38.8 Å². The lowest BCUT2D eigenvalue weighted by Crippen LogP contribution is -2.39. The summed E-state index contributed by atoms with van der Waals surface area (Å²) in [5.74, 6) is 1.07. The van der Waals surface area contributed by atoms with Gasteiger partial charge in [0.2, 0.25) is 0 Å². The standard InChI is InChI=1S/C14H19NO3/c1-17-14-4-2-12(3-5-14)10-13(16)11-15-6-8-18-9-7-15/h2-5H,6-11H2,1H3. The predicted molar refractivity (Wildman–Crippen MR) is 69.0 cm³/mol. The number of ether oxygens (including phenoxy) is 2. The van der Waals surface area contributed by atoms with E-state index in [9.17, 15) is 4.79 Å². The van der Waals surface area contributed by atoms with Crippen LogP contribution in [0.25, 0.3) is 0 Å². The number of ketones is 1. The van der Waals surface area contributed by atoms with Gasteiger partial charge in [0.25, 0.3) is 0 Å². The van der Waals surface area contributed by atoms with Gasteiger partial charge in [0.1, 0.15) is 5.75 Å². The van der Waals surface area contributed by atoms with Gasteiger partial charge in [-0.15, -0.1) is 0 Å². The Morgan fingerprint density at radius 1 is 1.28 bits per heavy atom. The molecule has 4 heteroatoms. The first-order valence-corrected chi connectivity index (χ1v) is 6.22. The Balaban J connectivity index is 1.82. The van der Waals surface area contributed by atoms with Gasteiger partial charge in [-0.25, -0.2) is 0 Å². The zero-order valence-corrected chi connectivity index (χ0v) is 10.7. The summed E-state index contributed by atoms with van der Waals surface area (Å²) in [7, 11) is 1.64. The summed E-state index contributed by atoms with van der Waals surface area (Å²) in [5, 5.41) is 0. The van der Waals surface area contributed by atoms with Crippen LogP contribution in [-0.2, 0) is 16.0 Å². The normalized spacial score (nSPS) is 16.5. The molecule has 0 amide bonds. The summed E-state index contributed by atoms with van der Waals surface area (Å²) >= 11 is 0. The first-order valence-electron chi connectivity index (χ1n) is 6.22. The fraction of sp³-hybridized carbons (Fsp3) is 0.500. The van der Waals surface area contributed by atoms with E-state index in [-0.39, 0.29) is 5.78 Å². The van der Waals surface area contributed by atoms with Gasteiger partial charge >= 0.3 is 0 Å². The molecule has 4 nitrogen and oxygen atoms in total. The van der Waals surface area contributed by atoms with Crippen molar-refractivity contribution in [2.45, 2.75) is 6.42 Å². The van der Waals surface area contributed by atoms with Crippen molar-refractivity contribution in [2.24, 2.45) is 0 Å². The Kier molecular flexibility index (Phi) is 4.73. The highest BCUT2D eigenvalue weighted by Crippen LogP contribution is 2.12. The van der Waals surface area contributed by atoms with Crippen molar-refractivity contribution in [3.05, 3.63) is 29.8 Å². The number of hydrogen-bond donors (Lipinski definition) is 0. The van der Waals surface area contributed by atoms with E-state index in [2.05, 4.69) is 4.90 Å². The van der Waals surface area contributed by atoms with Crippen molar-refractivity contribution in [3.8, 4) is 5.75 Å². The largest absolute Gasteiger partial charge is 0.497 e. The molecule has 0 aromatic heterocycles.